The minimum absolute atomic E-state index is 0.0538. The van der Waals surface area contributed by atoms with Crippen LogP contribution in [0, 0.1) is 23.2 Å². The zero-order chi connectivity index (χ0) is 19.6. The number of piperidine rings is 1. The van der Waals surface area contributed by atoms with Crippen molar-refractivity contribution in [3.63, 3.8) is 0 Å². The Balaban J connectivity index is 1.60. The summed E-state index contributed by atoms with van der Waals surface area (Å²) in [5, 5.41) is 25.0. The number of hydrogen-bond donors (Lipinski definition) is 5. The topological polar surface area (TPSA) is 118 Å². The molecule has 0 saturated carbocycles. The van der Waals surface area contributed by atoms with Gasteiger partial charge in [0.1, 0.15) is 0 Å². The number of rotatable bonds is 4. The fourth-order valence-electron chi connectivity index (χ4n) is 4.49. The fraction of sp³-hybridized carbons (Fsp3) is 0.737. The molecule has 4 atom stereocenters. The van der Waals surface area contributed by atoms with Crippen molar-refractivity contribution in [2.45, 2.75) is 57.9 Å². The highest BCUT2D eigenvalue weighted by atomic mass is 16.2. The molecule has 2 amide bonds. The van der Waals surface area contributed by atoms with Crippen molar-refractivity contribution >= 4 is 11.8 Å². The van der Waals surface area contributed by atoms with E-state index in [0.29, 0.717) is 18.7 Å². The SMILES string of the molecule is CC1=C(CC(=O)N[C@@H](C)C2NCC(C#N)CN2)C(=O)NC2CCNC(C)C12. The first-order valence-corrected chi connectivity index (χ1v) is 9.80. The van der Waals surface area contributed by atoms with Gasteiger partial charge in [-0.3, -0.25) is 20.2 Å². The number of amides is 2. The van der Waals surface area contributed by atoms with Gasteiger partial charge in [0.05, 0.1) is 30.6 Å². The maximum absolute atomic E-state index is 12.6. The van der Waals surface area contributed by atoms with E-state index in [1.165, 1.54) is 0 Å². The summed E-state index contributed by atoms with van der Waals surface area (Å²) in [6.45, 7) is 8.15. The molecular weight excluding hydrogens is 344 g/mol. The minimum Gasteiger partial charge on any atom is -0.350 e. The Morgan fingerprint density at radius 3 is 2.70 bits per heavy atom. The van der Waals surface area contributed by atoms with Crippen molar-refractivity contribution in [2.24, 2.45) is 11.8 Å². The predicted octanol–water partition coefficient (Wildman–Crippen LogP) is -0.647. The van der Waals surface area contributed by atoms with Crippen molar-refractivity contribution in [1.29, 1.82) is 5.26 Å². The lowest BCUT2D eigenvalue weighted by molar-refractivity contribution is -0.124. The lowest BCUT2D eigenvalue weighted by atomic mass is 9.76. The van der Waals surface area contributed by atoms with Gasteiger partial charge in [-0.1, -0.05) is 5.57 Å². The van der Waals surface area contributed by atoms with Gasteiger partial charge in [0.2, 0.25) is 11.8 Å². The molecule has 3 aliphatic rings. The molecule has 3 heterocycles. The van der Waals surface area contributed by atoms with E-state index in [1.807, 2.05) is 13.8 Å². The molecule has 0 bridgehead atoms. The van der Waals surface area contributed by atoms with Crippen LogP contribution in [0.4, 0.5) is 0 Å². The molecule has 5 N–H and O–H groups in total. The summed E-state index contributed by atoms with van der Waals surface area (Å²) in [4.78, 5) is 25.1. The van der Waals surface area contributed by atoms with E-state index in [-0.39, 0.29) is 54.4 Å². The summed E-state index contributed by atoms with van der Waals surface area (Å²) in [6, 6.07) is 2.52. The third-order valence-electron chi connectivity index (χ3n) is 6.04. The quantitative estimate of drug-likeness (QED) is 0.446. The van der Waals surface area contributed by atoms with Crippen LogP contribution in [0.2, 0.25) is 0 Å². The molecule has 2 saturated heterocycles. The van der Waals surface area contributed by atoms with Crippen LogP contribution < -0.4 is 26.6 Å². The zero-order valence-electron chi connectivity index (χ0n) is 16.3. The molecule has 8 heteroatoms. The molecule has 0 aromatic heterocycles. The van der Waals surface area contributed by atoms with Crippen LogP contribution in [0.1, 0.15) is 33.6 Å². The van der Waals surface area contributed by atoms with Gasteiger partial charge in [0.25, 0.3) is 0 Å². The van der Waals surface area contributed by atoms with Gasteiger partial charge in [0, 0.05) is 36.7 Å². The van der Waals surface area contributed by atoms with Crippen molar-refractivity contribution in [3.05, 3.63) is 11.1 Å². The van der Waals surface area contributed by atoms with E-state index in [4.69, 9.17) is 5.26 Å². The number of fused-ring (bicyclic) bond motifs is 1. The number of carbonyl (C=O) groups excluding carboxylic acids is 2. The van der Waals surface area contributed by atoms with Crippen LogP contribution in [-0.2, 0) is 9.59 Å². The van der Waals surface area contributed by atoms with Gasteiger partial charge < -0.3 is 16.0 Å². The first kappa shape index (κ1) is 19.8. The van der Waals surface area contributed by atoms with Gasteiger partial charge in [-0.2, -0.15) is 5.26 Å². The fourth-order valence-corrected chi connectivity index (χ4v) is 4.49. The van der Waals surface area contributed by atoms with Crippen LogP contribution in [0.25, 0.3) is 0 Å². The summed E-state index contributed by atoms with van der Waals surface area (Å²) < 4.78 is 0. The second-order valence-electron chi connectivity index (χ2n) is 7.95. The summed E-state index contributed by atoms with van der Waals surface area (Å²) in [5.74, 6) is -0.0903. The Morgan fingerprint density at radius 1 is 1.33 bits per heavy atom. The summed E-state index contributed by atoms with van der Waals surface area (Å²) in [7, 11) is 0. The predicted molar refractivity (Wildman–Crippen MR) is 101 cm³/mol. The average Bonchev–Trinajstić information content (AvgIpc) is 2.65. The summed E-state index contributed by atoms with van der Waals surface area (Å²) in [6.07, 6.45) is 0.920. The Kier molecular flexibility index (Phi) is 6.15. The molecule has 0 aromatic carbocycles. The molecule has 0 aliphatic carbocycles. The highest BCUT2D eigenvalue weighted by Gasteiger charge is 2.39. The number of carbonyl (C=O) groups is 2. The Labute approximate surface area is 160 Å². The number of nitriles is 1. The maximum Gasteiger partial charge on any atom is 0.247 e. The Morgan fingerprint density at radius 2 is 2.04 bits per heavy atom. The lowest BCUT2D eigenvalue weighted by Gasteiger charge is -2.42. The number of nitrogens with zero attached hydrogens (tertiary/aromatic N) is 1. The van der Waals surface area contributed by atoms with E-state index >= 15 is 0 Å². The summed E-state index contributed by atoms with van der Waals surface area (Å²) >= 11 is 0. The molecule has 0 spiro atoms. The van der Waals surface area contributed by atoms with Gasteiger partial charge >= 0.3 is 0 Å². The van der Waals surface area contributed by atoms with Crippen molar-refractivity contribution in [3.8, 4) is 6.07 Å². The van der Waals surface area contributed by atoms with Crippen LogP contribution in [0.15, 0.2) is 11.1 Å². The van der Waals surface area contributed by atoms with Crippen LogP contribution in [0.3, 0.4) is 0 Å². The smallest absolute Gasteiger partial charge is 0.247 e. The minimum atomic E-state index is -0.159. The highest BCUT2D eigenvalue weighted by molar-refractivity contribution is 6.00. The number of hydrogen-bond acceptors (Lipinski definition) is 6. The molecule has 2 fully saturated rings. The second-order valence-corrected chi connectivity index (χ2v) is 7.95. The van der Waals surface area contributed by atoms with Crippen LogP contribution >= 0.6 is 0 Å². The van der Waals surface area contributed by atoms with Gasteiger partial charge in [-0.15, -0.1) is 0 Å². The van der Waals surface area contributed by atoms with Crippen molar-refractivity contribution in [2.75, 3.05) is 19.6 Å². The maximum atomic E-state index is 12.6. The zero-order valence-corrected chi connectivity index (χ0v) is 16.3. The molecule has 148 valence electrons. The molecule has 3 rings (SSSR count). The standard InChI is InChI=1S/C19H30N6O2/c1-10-14(19(27)25-15-4-5-21-11(2)17(10)15)6-16(26)24-12(3)18-22-8-13(7-20)9-23-18/h11-13,15,17-18,21-23H,4-6,8-9H2,1-3H3,(H,24,26)(H,25,27)/t11?,12-,13?,15?,17?,18?/m0/s1. The van der Waals surface area contributed by atoms with Crippen molar-refractivity contribution < 1.29 is 9.59 Å². The van der Waals surface area contributed by atoms with Crippen LogP contribution in [0.5, 0.6) is 0 Å². The molecule has 8 nitrogen and oxygen atoms in total. The molecule has 27 heavy (non-hydrogen) atoms. The van der Waals surface area contributed by atoms with E-state index in [0.717, 1.165) is 18.5 Å². The molecule has 0 aromatic rings. The van der Waals surface area contributed by atoms with E-state index < -0.39 is 0 Å². The first-order valence-electron chi connectivity index (χ1n) is 9.80. The van der Waals surface area contributed by atoms with Gasteiger partial charge in [0.15, 0.2) is 0 Å². The van der Waals surface area contributed by atoms with E-state index in [2.05, 4.69) is 39.6 Å². The van der Waals surface area contributed by atoms with E-state index in [9.17, 15) is 9.59 Å². The third kappa shape index (κ3) is 4.32. The van der Waals surface area contributed by atoms with Gasteiger partial charge in [-0.05, 0) is 33.7 Å². The molecular formula is C19H30N6O2. The Hall–Kier alpha value is -1.95. The molecule has 3 unspecified atom stereocenters. The van der Waals surface area contributed by atoms with Gasteiger partial charge in [-0.25, -0.2) is 0 Å². The van der Waals surface area contributed by atoms with E-state index in [1.54, 1.807) is 0 Å². The molecule has 0 radical (unpaired) electrons. The first-order chi connectivity index (χ1) is 12.9. The van der Waals surface area contributed by atoms with Crippen molar-refractivity contribution in [1.82, 2.24) is 26.6 Å². The monoisotopic (exact) mass is 374 g/mol. The summed E-state index contributed by atoms with van der Waals surface area (Å²) in [5.41, 5.74) is 1.61. The normalized spacial score (nSPS) is 34.9. The lowest BCUT2D eigenvalue weighted by Crippen LogP contribution is -2.61. The van der Waals surface area contributed by atoms with Crippen LogP contribution in [-0.4, -0.2) is 55.7 Å². The molecule has 3 aliphatic heterocycles. The Bertz CT molecular complexity index is 662. The highest BCUT2D eigenvalue weighted by Crippen LogP contribution is 2.32. The third-order valence-corrected chi connectivity index (χ3v) is 6.04. The average molecular weight is 374 g/mol. The second kappa shape index (κ2) is 8.38. The largest absolute Gasteiger partial charge is 0.350 e. The number of nitrogens with one attached hydrogen (secondary N) is 5.